The third-order valence-electron chi connectivity index (χ3n) is 4.49. The summed E-state index contributed by atoms with van der Waals surface area (Å²) in [4.78, 5) is 4.62. The molecule has 1 aliphatic carbocycles. The molecule has 2 atom stereocenters. The maximum Gasteiger partial charge on any atom is 0.243 e. The normalized spacial score (nSPS) is 25.9. The van der Waals surface area contributed by atoms with E-state index in [4.69, 9.17) is 9.26 Å². The van der Waals surface area contributed by atoms with Crippen LogP contribution in [0.25, 0.3) is 0 Å². The summed E-state index contributed by atoms with van der Waals surface area (Å²) < 4.78 is 11.4. The summed E-state index contributed by atoms with van der Waals surface area (Å²) in [5.41, 5.74) is 0. The third kappa shape index (κ3) is 3.04. The lowest BCUT2D eigenvalue weighted by molar-refractivity contribution is -0.00145. The van der Waals surface area contributed by atoms with Crippen molar-refractivity contribution < 1.29 is 9.26 Å². The van der Waals surface area contributed by atoms with Crippen LogP contribution in [0.3, 0.4) is 0 Å². The molecule has 112 valence electrons. The molecule has 0 amide bonds. The number of ether oxygens (including phenoxy) is 1. The molecular weight excluding hydrogens is 254 g/mol. The highest BCUT2D eigenvalue weighted by atomic mass is 16.5. The summed E-state index contributed by atoms with van der Waals surface area (Å²) in [7, 11) is 0. The highest BCUT2D eigenvalue weighted by Gasteiger charge is 2.31. The summed E-state index contributed by atoms with van der Waals surface area (Å²) >= 11 is 0. The second kappa shape index (κ2) is 6.68. The van der Waals surface area contributed by atoms with Crippen molar-refractivity contribution in [3.63, 3.8) is 0 Å². The lowest BCUT2D eigenvalue weighted by Crippen LogP contribution is -2.20. The van der Waals surface area contributed by atoms with Crippen molar-refractivity contribution in [3.8, 4) is 0 Å². The van der Waals surface area contributed by atoms with Crippen LogP contribution in [0.15, 0.2) is 4.52 Å². The van der Waals surface area contributed by atoms with Gasteiger partial charge >= 0.3 is 0 Å². The van der Waals surface area contributed by atoms with Crippen LogP contribution in [0.2, 0.25) is 0 Å². The molecule has 2 fully saturated rings. The number of hydrogen-bond donors (Lipinski definition) is 1. The zero-order valence-electron chi connectivity index (χ0n) is 12.3. The molecular formula is C15H25N3O2. The summed E-state index contributed by atoms with van der Waals surface area (Å²) in [6.45, 7) is 3.78. The van der Waals surface area contributed by atoms with E-state index in [2.05, 4.69) is 15.5 Å². The van der Waals surface area contributed by atoms with E-state index in [1.165, 1.54) is 38.5 Å². The number of rotatable bonds is 5. The monoisotopic (exact) mass is 279 g/mol. The molecule has 20 heavy (non-hydrogen) atoms. The molecule has 1 aromatic heterocycles. The van der Waals surface area contributed by atoms with Crippen molar-refractivity contribution in [3.05, 3.63) is 11.7 Å². The van der Waals surface area contributed by atoms with Gasteiger partial charge in [0.15, 0.2) is 0 Å². The second-order valence-corrected chi connectivity index (χ2v) is 5.91. The van der Waals surface area contributed by atoms with E-state index in [9.17, 15) is 0 Å². The minimum atomic E-state index is 0.0132. The largest absolute Gasteiger partial charge is 0.370 e. The molecule has 1 aliphatic heterocycles. The van der Waals surface area contributed by atoms with Gasteiger partial charge in [-0.2, -0.15) is 4.98 Å². The first-order chi connectivity index (χ1) is 9.88. The zero-order chi connectivity index (χ0) is 13.8. The summed E-state index contributed by atoms with van der Waals surface area (Å²) in [5, 5.41) is 7.60. The Balaban J connectivity index is 1.72. The van der Waals surface area contributed by atoms with Gasteiger partial charge in [0, 0.05) is 6.61 Å². The van der Waals surface area contributed by atoms with Crippen LogP contribution in [0.4, 0.5) is 0 Å². The van der Waals surface area contributed by atoms with E-state index in [0.29, 0.717) is 12.5 Å². The highest BCUT2D eigenvalue weighted by Crippen LogP contribution is 2.36. The van der Waals surface area contributed by atoms with Gasteiger partial charge in [0.2, 0.25) is 11.7 Å². The lowest BCUT2D eigenvalue weighted by atomic mass is 9.85. The molecule has 2 unspecified atom stereocenters. The molecule has 0 spiro atoms. The molecule has 1 saturated heterocycles. The van der Waals surface area contributed by atoms with Gasteiger partial charge in [0.05, 0.1) is 6.04 Å². The molecule has 5 heteroatoms. The molecule has 1 aromatic rings. The predicted molar refractivity (Wildman–Crippen MR) is 75.2 cm³/mol. The minimum Gasteiger partial charge on any atom is -0.370 e. The molecule has 0 aromatic carbocycles. The number of nitrogens with one attached hydrogen (secondary N) is 1. The van der Waals surface area contributed by atoms with Gasteiger partial charge in [-0.25, -0.2) is 0 Å². The molecule has 2 heterocycles. The molecule has 1 N–H and O–H groups in total. The van der Waals surface area contributed by atoms with Crippen molar-refractivity contribution in [1.29, 1.82) is 0 Å². The smallest absolute Gasteiger partial charge is 0.243 e. The molecule has 1 saturated carbocycles. The van der Waals surface area contributed by atoms with Crippen molar-refractivity contribution >= 4 is 0 Å². The maximum atomic E-state index is 5.94. The van der Waals surface area contributed by atoms with Gasteiger partial charge in [-0.3, -0.25) is 0 Å². The van der Waals surface area contributed by atoms with Crippen molar-refractivity contribution in [2.24, 2.45) is 5.92 Å². The fourth-order valence-electron chi connectivity index (χ4n) is 3.44. The van der Waals surface area contributed by atoms with Crippen LogP contribution in [-0.2, 0) is 4.74 Å². The molecule has 0 bridgehead atoms. The van der Waals surface area contributed by atoms with E-state index in [-0.39, 0.29) is 12.1 Å². The van der Waals surface area contributed by atoms with Crippen LogP contribution in [-0.4, -0.2) is 23.3 Å². The Hall–Kier alpha value is -0.940. The van der Waals surface area contributed by atoms with E-state index < -0.39 is 0 Å². The van der Waals surface area contributed by atoms with Gasteiger partial charge in [-0.15, -0.1) is 0 Å². The van der Waals surface area contributed by atoms with Gasteiger partial charge < -0.3 is 14.6 Å². The minimum absolute atomic E-state index is 0.0132. The van der Waals surface area contributed by atoms with Crippen molar-refractivity contribution in [1.82, 2.24) is 15.5 Å². The lowest BCUT2D eigenvalue weighted by Gasteiger charge is -2.27. The van der Waals surface area contributed by atoms with Crippen LogP contribution in [0, 0.1) is 5.92 Å². The number of nitrogens with zero attached hydrogens (tertiary/aromatic N) is 2. The van der Waals surface area contributed by atoms with Crippen LogP contribution < -0.4 is 5.32 Å². The van der Waals surface area contributed by atoms with Gasteiger partial charge in [-0.1, -0.05) is 24.4 Å². The first-order valence-electron chi connectivity index (χ1n) is 8.07. The Kier molecular flexibility index (Phi) is 4.68. The number of aromatic nitrogens is 2. The van der Waals surface area contributed by atoms with Crippen LogP contribution >= 0.6 is 0 Å². The Morgan fingerprint density at radius 1 is 1.25 bits per heavy atom. The average molecular weight is 279 g/mol. The maximum absolute atomic E-state index is 5.94. The molecule has 0 radical (unpaired) electrons. The Bertz CT molecular complexity index is 409. The summed E-state index contributed by atoms with van der Waals surface area (Å²) in [6, 6.07) is 0.241. The van der Waals surface area contributed by atoms with Gasteiger partial charge in [-0.05, 0) is 45.1 Å². The van der Waals surface area contributed by atoms with Crippen molar-refractivity contribution in [2.45, 2.75) is 64.0 Å². The summed E-state index contributed by atoms with van der Waals surface area (Å²) in [6.07, 6.45) is 8.65. The average Bonchev–Trinajstić information content (AvgIpc) is 3.16. The van der Waals surface area contributed by atoms with E-state index in [0.717, 1.165) is 24.7 Å². The quantitative estimate of drug-likeness (QED) is 0.897. The van der Waals surface area contributed by atoms with Crippen LogP contribution in [0.1, 0.15) is 75.7 Å². The fraction of sp³-hybridized carbons (Fsp3) is 0.867. The predicted octanol–water partition coefficient (Wildman–Crippen LogP) is 3.15. The second-order valence-electron chi connectivity index (χ2n) is 5.91. The molecule has 3 rings (SSSR count). The molecule has 5 nitrogen and oxygen atoms in total. The Morgan fingerprint density at radius 3 is 2.80 bits per heavy atom. The first-order valence-corrected chi connectivity index (χ1v) is 8.07. The Labute approximate surface area is 120 Å². The Morgan fingerprint density at radius 2 is 2.10 bits per heavy atom. The SMILES string of the molecule is CCOC(c1noc(C2CCCN2)n1)C1CCCCC1. The van der Waals surface area contributed by atoms with Crippen molar-refractivity contribution in [2.75, 3.05) is 13.2 Å². The van der Waals surface area contributed by atoms with E-state index in [1.807, 2.05) is 6.92 Å². The van der Waals surface area contributed by atoms with E-state index in [1.54, 1.807) is 0 Å². The summed E-state index contributed by atoms with van der Waals surface area (Å²) in [5.74, 6) is 2.03. The molecule has 2 aliphatic rings. The van der Waals surface area contributed by atoms with Crippen LogP contribution in [0.5, 0.6) is 0 Å². The van der Waals surface area contributed by atoms with Gasteiger partial charge in [0.25, 0.3) is 0 Å². The zero-order valence-corrected chi connectivity index (χ0v) is 12.3. The van der Waals surface area contributed by atoms with Gasteiger partial charge in [0.1, 0.15) is 6.10 Å². The fourth-order valence-corrected chi connectivity index (χ4v) is 3.44. The van der Waals surface area contributed by atoms with E-state index >= 15 is 0 Å². The number of hydrogen-bond acceptors (Lipinski definition) is 5. The standard InChI is InChI=1S/C15H25N3O2/c1-2-19-13(11-7-4-3-5-8-11)14-17-15(20-18-14)12-9-6-10-16-12/h11-13,16H,2-10H2,1H3. The third-order valence-corrected chi connectivity index (χ3v) is 4.49. The first kappa shape index (κ1) is 14.0. The highest BCUT2D eigenvalue weighted by molar-refractivity contribution is 4.99. The topological polar surface area (TPSA) is 60.2 Å².